The molecule has 1 heterocycles. The number of esters is 1. The van der Waals surface area contributed by atoms with Crippen LogP contribution in [-0.4, -0.2) is 33.2 Å². The number of ether oxygens (including phenoxy) is 3. The lowest BCUT2D eigenvalue weighted by Crippen LogP contribution is -2.16. The highest BCUT2D eigenvalue weighted by Crippen LogP contribution is 2.34. The molecule has 0 aliphatic heterocycles. The highest BCUT2D eigenvalue weighted by molar-refractivity contribution is 6.02. The van der Waals surface area contributed by atoms with Gasteiger partial charge in [-0.05, 0) is 12.1 Å². The third kappa shape index (κ3) is 4.81. The molecule has 0 unspecified atom stereocenters. The minimum atomic E-state index is -0.593. The second-order valence-electron chi connectivity index (χ2n) is 6.42. The van der Waals surface area contributed by atoms with Gasteiger partial charge < -0.3 is 23.9 Å². The molecule has 0 bridgehead atoms. The number of anilines is 1. The predicted molar refractivity (Wildman–Crippen MR) is 112 cm³/mol. The van der Waals surface area contributed by atoms with E-state index in [1.54, 1.807) is 0 Å². The zero-order valence-corrected chi connectivity index (χ0v) is 17.1. The molecule has 0 aliphatic rings. The Hall–Kier alpha value is -3.74. The van der Waals surface area contributed by atoms with Gasteiger partial charge in [-0.1, -0.05) is 30.3 Å². The number of nitrogens with one attached hydrogen (secondary N) is 1. The molecule has 0 saturated heterocycles. The van der Waals surface area contributed by atoms with Crippen LogP contribution in [0, 0.1) is 0 Å². The Labute approximate surface area is 174 Å². The van der Waals surface area contributed by atoms with Crippen molar-refractivity contribution in [3.8, 4) is 22.8 Å². The van der Waals surface area contributed by atoms with Gasteiger partial charge in [0.1, 0.15) is 11.5 Å². The van der Waals surface area contributed by atoms with E-state index in [9.17, 15) is 9.59 Å². The molecule has 0 saturated carbocycles. The standard InChI is InChI=1S/C23H23NO6/c1-27-20-13-17(23(26)29-3)18(14-21(20)28-2)24-22(25)12-10-16-9-11-19(30-16)15-7-5-4-6-8-15/h4-9,11,13-14H,10,12H2,1-3H3,(H,24,25). The minimum Gasteiger partial charge on any atom is -0.493 e. The van der Waals surface area contributed by atoms with Gasteiger partial charge in [-0.2, -0.15) is 0 Å². The molecular weight excluding hydrogens is 386 g/mol. The Bertz CT molecular complexity index is 1030. The van der Waals surface area contributed by atoms with Gasteiger partial charge in [0.15, 0.2) is 11.5 Å². The van der Waals surface area contributed by atoms with Crippen LogP contribution in [-0.2, 0) is 16.0 Å². The molecule has 0 fully saturated rings. The number of furan rings is 1. The number of aryl methyl sites for hydroxylation is 1. The van der Waals surface area contributed by atoms with Gasteiger partial charge in [0.2, 0.25) is 5.91 Å². The highest BCUT2D eigenvalue weighted by atomic mass is 16.5. The van der Waals surface area contributed by atoms with E-state index in [4.69, 9.17) is 18.6 Å². The summed E-state index contributed by atoms with van der Waals surface area (Å²) in [6.07, 6.45) is 0.593. The second-order valence-corrected chi connectivity index (χ2v) is 6.42. The van der Waals surface area contributed by atoms with Crippen molar-refractivity contribution in [1.29, 1.82) is 0 Å². The molecule has 7 nitrogen and oxygen atoms in total. The summed E-state index contributed by atoms with van der Waals surface area (Å²) < 4.78 is 21.1. The zero-order chi connectivity index (χ0) is 21.5. The number of hydrogen-bond donors (Lipinski definition) is 1. The highest BCUT2D eigenvalue weighted by Gasteiger charge is 2.19. The van der Waals surface area contributed by atoms with Crippen molar-refractivity contribution in [3.05, 3.63) is 65.9 Å². The van der Waals surface area contributed by atoms with E-state index in [0.29, 0.717) is 23.7 Å². The van der Waals surface area contributed by atoms with Gasteiger partial charge in [0.25, 0.3) is 0 Å². The zero-order valence-electron chi connectivity index (χ0n) is 17.1. The lowest BCUT2D eigenvalue weighted by molar-refractivity contribution is -0.116. The van der Waals surface area contributed by atoms with Crippen molar-refractivity contribution in [2.45, 2.75) is 12.8 Å². The Morgan fingerprint density at radius 1 is 0.933 bits per heavy atom. The van der Waals surface area contributed by atoms with Crippen LogP contribution < -0.4 is 14.8 Å². The third-order valence-electron chi connectivity index (χ3n) is 4.52. The number of benzene rings is 2. The molecule has 1 amide bonds. The fourth-order valence-electron chi connectivity index (χ4n) is 2.98. The second kappa shape index (κ2) is 9.65. The van der Waals surface area contributed by atoms with Gasteiger partial charge in [-0.25, -0.2) is 4.79 Å². The summed E-state index contributed by atoms with van der Waals surface area (Å²) >= 11 is 0. The van der Waals surface area contributed by atoms with Crippen molar-refractivity contribution < 1.29 is 28.2 Å². The topological polar surface area (TPSA) is 87.0 Å². The van der Waals surface area contributed by atoms with E-state index in [1.807, 2.05) is 42.5 Å². The van der Waals surface area contributed by atoms with Crippen molar-refractivity contribution in [2.75, 3.05) is 26.6 Å². The van der Waals surface area contributed by atoms with Gasteiger partial charge in [-0.3, -0.25) is 4.79 Å². The maximum Gasteiger partial charge on any atom is 0.340 e. The first-order valence-corrected chi connectivity index (χ1v) is 9.34. The van der Waals surface area contributed by atoms with Crippen LogP contribution in [0.15, 0.2) is 59.0 Å². The predicted octanol–water partition coefficient (Wildman–Crippen LogP) is 4.32. The summed E-state index contributed by atoms with van der Waals surface area (Å²) in [5, 5.41) is 2.74. The average Bonchev–Trinajstić information content (AvgIpc) is 3.26. The van der Waals surface area contributed by atoms with Gasteiger partial charge >= 0.3 is 5.97 Å². The smallest absolute Gasteiger partial charge is 0.340 e. The van der Waals surface area contributed by atoms with Crippen LogP contribution in [0.25, 0.3) is 11.3 Å². The number of carbonyl (C=O) groups is 2. The van der Waals surface area contributed by atoms with Crippen LogP contribution in [0.4, 0.5) is 5.69 Å². The van der Waals surface area contributed by atoms with Gasteiger partial charge in [0.05, 0.1) is 32.6 Å². The molecule has 0 atom stereocenters. The van der Waals surface area contributed by atoms with E-state index >= 15 is 0 Å². The van der Waals surface area contributed by atoms with Crippen LogP contribution in [0.3, 0.4) is 0 Å². The number of carbonyl (C=O) groups excluding carboxylic acids is 2. The fourth-order valence-corrected chi connectivity index (χ4v) is 2.98. The molecule has 0 radical (unpaired) electrons. The van der Waals surface area contributed by atoms with Crippen LogP contribution in [0.2, 0.25) is 0 Å². The first kappa shape index (κ1) is 21.0. The normalized spacial score (nSPS) is 10.4. The molecule has 156 valence electrons. The summed E-state index contributed by atoms with van der Waals surface area (Å²) in [6.45, 7) is 0. The fraction of sp³-hybridized carbons (Fsp3) is 0.217. The molecule has 2 aromatic carbocycles. The summed E-state index contributed by atoms with van der Waals surface area (Å²) in [5.74, 6) is 1.33. The van der Waals surface area contributed by atoms with Crippen molar-refractivity contribution in [1.82, 2.24) is 0 Å². The third-order valence-corrected chi connectivity index (χ3v) is 4.52. The Balaban J connectivity index is 1.70. The van der Waals surface area contributed by atoms with Gasteiger partial charge in [-0.15, -0.1) is 0 Å². The van der Waals surface area contributed by atoms with Crippen LogP contribution in [0.1, 0.15) is 22.5 Å². The van der Waals surface area contributed by atoms with E-state index in [2.05, 4.69) is 5.32 Å². The van der Waals surface area contributed by atoms with Crippen molar-refractivity contribution >= 4 is 17.6 Å². The van der Waals surface area contributed by atoms with E-state index in [1.165, 1.54) is 33.5 Å². The monoisotopic (exact) mass is 409 g/mol. The molecule has 1 aromatic heterocycles. The number of amides is 1. The van der Waals surface area contributed by atoms with E-state index in [0.717, 1.165) is 11.3 Å². The molecular formula is C23H23NO6. The molecule has 3 aromatic rings. The summed E-state index contributed by atoms with van der Waals surface area (Å²) in [6, 6.07) is 16.5. The Kier molecular flexibility index (Phi) is 6.75. The van der Waals surface area contributed by atoms with Crippen molar-refractivity contribution in [3.63, 3.8) is 0 Å². The molecule has 0 aliphatic carbocycles. The summed E-state index contributed by atoms with van der Waals surface area (Å²) in [5.41, 5.74) is 1.43. The van der Waals surface area contributed by atoms with Crippen molar-refractivity contribution in [2.24, 2.45) is 0 Å². The first-order chi connectivity index (χ1) is 14.5. The number of rotatable bonds is 8. The SMILES string of the molecule is COC(=O)c1cc(OC)c(OC)cc1NC(=O)CCc1ccc(-c2ccccc2)o1. The summed E-state index contributed by atoms with van der Waals surface area (Å²) in [7, 11) is 4.21. The molecule has 1 N–H and O–H groups in total. The lowest BCUT2D eigenvalue weighted by atomic mass is 10.1. The first-order valence-electron chi connectivity index (χ1n) is 9.34. The largest absolute Gasteiger partial charge is 0.493 e. The maximum absolute atomic E-state index is 12.5. The van der Waals surface area contributed by atoms with Crippen LogP contribution in [0.5, 0.6) is 11.5 Å². The number of hydrogen-bond acceptors (Lipinski definition) is 6. The molecule has 7 heteroatoms. The molecule has 30 heavy (non-hydrogen) atoms. The maximum atomic E-state index is 12.5. The number of methoxy groups -OCH3 is 3. The Morgan fingerprint density at radius 2 is 1.63 bits per heavy atom. The quantitative estimate of drug-likeness (QED) is 0.558. The van der Waals surface area contributed by atoms with Crippen LogP contribution >= 0.6 is 0 Å². The molecule has 0 spiro atoms. The average molecular weight is 409 g/mol. The van der Waals surface area contributed by atoms with E-state index < -0.39 is 5.97 Å². The Morgan fingerprint density at radius 3 is 2.30 bits per heavy atom. The molecule has 3 rings (SSSR count). The minimum absolute atomic E-state index is 0.174. The van der Waals surface area contributed by atoms with Gasteiger partial charge in [0, 0.05) is 30.5 Å². The lowest BCUT2D eigenvalue weighted by Gasteiger charge is -2.14. The van der Waals surface area contributed by atoms with E-state index in [-0.39, 0.29) is 23.6 Å². The summed E-state index contributed by atoms with van der Waals surface area (Å²) in [4.78, 5) is 24.6.